The third-order valence-electron chi connectivity index (χ3n) is 0.946. The fourth-order valence-electron chi connectivity index (χ4n) is 0.484. The monoisotopic (exact) mass is 129 g/mol. The van der Waals surface area contributed by atoms with E-state index in [0.29, 0.717) is 6.61 Å². The van der Waals surface area contributed by atoms with Gasteiger partial charge in [-0.05, 0) is 6.42 Å². The van der Waals surface area contributed by atoms with Gasteiger partial charge in [0.1, 0.15) is 0 Å². The smallest absolute Gasteiger partial charge is 0.0863 e. The molecule has 0 amide bonds. The lowest BCUT2D eigenvalue weighted by Gasteiger charge is -1.92. The SMILES string of the molecule is CCC/C=C/CONC. The highest BCUT2D eigenvalue weighted by Gasteiger charge is 1.74. The summed E-state index contributed by atoms with van der Waals surface area (Å²) in [6, 6.07) is 0. The van der Waals surface area contributed by atoms with Crippen molar-refractivity contribution in [2.75, 3.05) is 13.7 Å². The van der Waals surface area contributed by atoms with Gasteiger partial charge in [0.25, 0.3) is 0 Å². The fraction of sp³-hybridized carbons (Fsp3) is 0.714. The van der Waals surface area contributed by atoms with E-state index in [4.69, 9.17) is 4.84 Å². The second-order valence-corrected chi connectivity index (χ2v) is 1.78. The van der Waals surface area contributed by atoms with Crippen molar-refractivity contribution in [3.05, 3.63) is 12.2 Å². The summed E-state index contributed by atoms with van der Waals surface area (Å²) in [6.45, 7) is 2.82. The Balaban J connectivity index is 2.86. The molecule has 2 nitrogen and oxygen atoms in total. The maximum atomic E-state index is 4.84. The number of rotatable bonds is 5. The molecule has 0 saturated heterocycles. The van der Waals surface area contributed by atoms with Crippen molar-refractivity contribution in [3.63, 3.8) is 0 Å². The van der Waals surface area contributed by atoms with E-state index in [1.807, 2.05) is 6.08 Å². The number of hydrogen-bond donors (Lipinski definition) is 1. The van der Waals surface area contributed by atoms with Crippen molar-refractivity contribution in [2.45, 2.75) is 19.8 Å². The fourth-order valence-corrected chi connectivity index (χ4v) is 0.484. The van der Waals surface area contributed by atoms with Gasteiger partial charge in [0.15, 0.2) is 0 Å². The molecule has 0 rings (SSSR count). The Labute approximate surface area is 56.9 Å². The highest BCUT2D eigenvalue weighted by atomic mass is 16.6. The maximum Gasteiger partial charge on any atom is 0.0863 e. The second kappa shape index (κ2) is 7.66. The van der Waals surface area contributed by atoms with Crippen molar-refractivity contribution < 1.29 is 4.84 Å². The van der Waals surface area contributed by atoms with Crippen LogP contribution in [0.15, 0.2) is 12.2 Å². The van der Waals surface area contributed by atoms with Crippen LogP contribution in [0.3, 0.4) is 0 Å². The summed E-state index contributed by atoms with van der Waals surface area (Å²) < 4.78 is 0. The average Bonchev–Trinajstić information content (AvgIpc) is 1.89. The molecular weight excluding hydrogens is 114 g/mol. The second-order valence-electron chi connectivity index (χ2n) is 1.78. The highest BCUT2D eigenvalue weighted by molar-refractivity contribution is 4.80. The zero-order valence-electron chi connectivity index (χ0n) is 6.18. The molecule has 0 unspecified atom stereocenters. The molecule has 2 heteroatoms. The molecule has 0 bridgehead atoms. The quantitative estimate of drug-likeness (QED) is 0.345. The summed E-state index contributed by atoms with van der Waals surface area (Å²) in [5, 5.41) is 0. The summed E-state index contributed by atoms with van der Waals surface area (Å²) in [6.07, 6.45) is 6.49. The third kappa shape index (κ3) is 7.66. The zero-order chi connectivity index (χ0) is 6.95. The standard InChI is InChI=1S/C7H15NO/c1-3-4-5-6-7-9-8-2/h5-6,8H,3-4,7H2,1-2H3/b6-5+. The lowest BCUT2D eigenvalue weighted by molar-refractivity contribution is 0.0810. The third-order valence-corrected chi connectivity index (χ3v) is 0.946. The molecule has 0 aliphatic carbocycles. The van der Waals surface area contributed by atoms with Crippen molar-refractivity contribution in [1.82, 2.24) is 5.48 Å². The van der Waals surface area contributed by atoms with Gasteiger partial charge in [0.2, 0.25) is 0 Å². The molecule has 0 radical (unpaired) electrons. The minimum Gasteiger partial charge on any atom is -0.298 e. The van der Waals surface area contributed by atoms with Gasteiger partial charge in [0, 0.05) is 7.05 Å². The van der Waals surface area contributed by atoms with Gasteiger partial charge in [-0.15, -0.1) is 0 Å². The van der Waals surface area contributed by atoms with E-state index < -0.39 is 0 Å². The first-order valence-corrected chi connectivity index (χ1v) is 3.35. The first-order chi connectivity index (χ1) is 4.41. The molecule has 0 atom stereocenters. The van der Waals surface area contributed by atoms with Gasteiger partial charge < -0.3 is 0 Å². The van der Waals surface area contributed by atoms with Crippen molar-refractivity contribution in [3.8, 4) is 0 Å². The van der Waals surface area contributed by atoms with Crippen molar-refractivity contribution in [1.29, 1.82) is 0 Å². The van der Waals surface area contributed by atoms with Gasteiger partial charge in [-0.25, -0.2) is 5.48 Å². The minimum atomic E-state index is 0.663. The lowest BCUT2D eigenvalue weighted by Crippen LogP contribution is -2.06. The molecule has 0 heterocycles. The van der Waals surface area contributed by atoms with Crippen LogP contribution in [-0.2, 0) is 4.84 Å². The molecule has 54 valence electrons. The molecule has 9 heavy (non-hydrogen) atoms. The average molecular weight is 129 g/mol. The topological polar surface area (TPSA) is 21.3 Å². The Hall–Kier alpha value is -0.340. The van der Waals surface area contributed by atoms with E-state index in [1.165, 1.54) is 6.42 Å². The predicted octanol–water partition coefficient (Wildman–Crippen LogP) is 1.49. The molecule has 0 saturated carbocycles. The maximum absolute atomic E-state index is 4.84. The molecule has 0 fully saturated rings. The van der Waals surface area contributed by atoms with Crippen LogP contribution in [-0.4, -0.2) is 13.7 Å². The van der Waals surface area contributed by atoms with Crippen LogP contribution < -0.4 is 5.48 Å². The van der Waals surface area contributed by atoms with Crippen LogP contribution in [0.5, 0.6) is 0 Å². The first kappa shape index (κ1) is 8.66. The molecule has 0 aromatic carbocycles. The summed E-state index contributed by atoms with van der Waals surface area (Å²) >= 11 is 0. The Morgan fingerprint density at radius 3 is 2.78 bits per heavy atom. The van der Waals surface area contributed by atoms with E-state index in [-0.39, 0.29) is 0 Å². The first-order valence-electron chi connectivity index (χ1n) is 3.35. The minimum absolute atomic E-state index is 0.663. The predicted molar refractivity (Wildman–Crippen MR) is 39.1 cm³/mol. The summed E-state index contributed by atoms with van der Waals surface area (Å²) in [7, 11) is 1.76. The number of allylic oxidation sites excluding steroid dienone is 1. The van der Waals surface area contributed by atoms with Crippen LogP contribution >= 0.6 is 0 Å². The van der Waals surface area contributed by atoms with Crippen LogP contribution in [0.2, 0.25) is 0 Å². The molecule has 0 spiro atoms. The Bertz CT molecular complexity index is 71.3. The molecule has 0 aliphatic rings. The lowest BCUT2D eigenvalue weighted by atomic mass is 10.3. The number of hydrogen-bond acceptors (Lipinski definition) is 2. The van der Waals surface area contributed by atoms with E-state index in [1.54, 1.807) is 7.05 Å². The van der Waals surface area contributed by atoms with E-state index >= 15 is 0 Å². The summed E-state index contributed by atoms with van der Waals surface area (Å²) in [4.78, 5) is 4.84. The normalized spacial score (nSPS) is 10.9. The van der Waals surface area contributed by atoms with Gasteiger partial charge >= 0.3 is 0 Å². The van der Waals surface area contributed by atoms with Gasteiger partial charge in [-0.1, -0.05) is 25.5 Å². The van der Waals surface area contributed by atoms with Crippen LogP contribution in [0, 0.1) is 0 Å². The number of unbranched alkanes of at least 4 members (excludes halogenated alkanes) is 1. The molecule has 0 aliphatic heterocycles. The molecule has 1 N–H and O–H groups in total. The largest absolute Gasteiger partial charge is 0.298 e. The summed E-state index contributed by atoms with van der Waals surface area (Å²) in [5.41, 5.74) is 2.59. The van der Waals surface area contributed by atoms with Crippen LogP contribution in [0.4, 0.5) is 0 Å². The Morgan fingerprint density at radius 2 is 2.22 bits per heavy atom. The highest BCUT2D eigenvalue weighted by Crippen LogP contribution is 1.87. The van der Waals surface area contributed by atoms with Gasteiger partial charge in [0.05, 0.1) is 6.61 Å². The van der Waals surface area contributed by atoms with Gasteiger partial charge in [-0.2, -0.15) is 0 Å². The van der Waals surface area contributed by atoms with Crippen molar-refractivity contribution in [2.24, 2.45) is 0 Å². The van der Waals surface area contributed by atoms with Crippen LogP contribution in [0.25, 0.3) is 0 Å². The van der Waals surface area contributed by atoms with Crippen molar-refractivity contribution >= 4 is 0 Å². The van der Waals surface area contributed by atoms with Crippen LogP contribution in [0.1, 0.15) is 19.8 Å². The Morgan fingerprint density at radius 1 is 1.44 bits per heavy atom. The number of hydroxylamine groups is 1. The van der Waals surface area contributed by atoms with E-state index in [2.05, 4.69) is 18.5 Å². The molecule has 0 aromatic heterocycles. The number of nitrogens with one attached hydrogen (secondary N) is 1. The molecule has 0 aromatic rings. The zero-order valence-corrected chi connectivity index (χ0v) is 6.18. The van der Waals surface area contributed by atoms with Gasteiger partial charge in [-0.3, -0.25) is 4.84 Å². The van der Waals surface area contributed by atoms with E-state index in [0.717, 1.165) is 6.42 Å². The van der Waals surface area contributed by atoms with E-state index in [9.17, 15) is 0 Å². The molecular formula is C7H15NO. The summed E-state index contributed by atoms with van der Waals surface area (Å²) in [5.74, 6) is 0. The Kier molecular flexibility index (Phi) is 7.37.